The number of carbonyl (C=O) groups is 1. The fourth-order valence-corrected chi connectivity index (χ4v) is 1.92. The fraction of sp³-hybridized carbons (Fsp3) is 0.267. The van der Waals surface area contributed by atoms with E-state index >= 15 is 0 Å². The van der Waals surface area contributed by atoms with Crippen LogP contribution in [0.3, 0.4) is 0 Å². The van der Waals surface area contributed by atoms with Gasteiger partial charge in [-0.1, -0.05) is 0 Å². The molecule has 3 N–H and O–H groups in total. The van der Waals surface area contributed by atoms with Crippen molar-refractivity contribution >= 4 is 5.97 Å². The van der Waals surface area contributed by atoms with Crippen molar-refractivity contribution in [3.05, 3.63) is 36.2 Å². The number of carboxylic acids is 1. The van der Waals surface area contributed by atoms with E-state index in [2.05, 4.69) is 9.97 Å². The molecule has 0 fully saturated rings. The first-order valence-corrected chi connectivity index (χ1v) is 6.56. The molecule has 7 nitrogen and oxygen atoms in total. The minimum atomic E-state index is -0.964. The standard InChI is InChI=1S/C15H17N3O4/c1-21-11-3-9(4-12(5-11)22-2)15-17-7-10(8-18-15)13(16)6-14(19)20/h3-5,7-8,13H,6,16H2,1-2H3,(H,19,20)/t13-/m0/s1. The Hall–Kier alpha value is -2.67. The molecule has 1 aromatic carbocycles. The van der Waals surface area contributed by atoms with Crippen LogP contribution in [0.5, 0.6) is 11.5 Å². The summed E-state index contributed by atoms with van der Waals surface area (Å²) < 4.78 is 10.4. The van der Waals surface area contributed by atoms with E-state index in [1.54, 1.807) is 32.4 Å². The maximum Gasteiger partial charge on any atom is 0.305 e. The number of carboxylic acid groups (broad SMARTS) is 1. The molecular formula is C15H17N3O4. The Morgan fingerprint density at radius 1 is 1.18 bits per heavy atom. The Morgan fingerprint density at radius 3 is 2.18 bits per heavy atom. The predicted molar refractivity (Wildman–Crippen MR) is 79.8 cm³/mol. The second-order valence-corrected chi connectivity index (χ2v) is 4.65. The van der Waals surface area contributed by atoms with Gasteiger partial charge in [0.25, 0.3) is 0 Å². The zero-order chi connectivity index (χ0) is 16.1. The van der Waals surface area contributed by atoms with Crippen LogP contribution >= 0.6 is 0 Å². The van der Waals surface area contributed by atoms with Crippen molar-refractivity contribution < 1.29 is 19.4 Å². The smallest absolute Gasteiger partial charge is 0.305 e. The largest absolute Gasteiger partial charge is 0.497 e. The molecule has 7 heteroatoms. The molecule has 2 aromatic rings. The molecule has 0 spiro atoms. The minimum absolute atomic E-state index is 0.171. The first-order valence-electron chi connectivity index (χ1n) is 6.56. The number of ether oxygens (including phenoxy) is 2. The van der Waals surface area contributed by atoms with Gasteiger partial charge >= 0.3 is 5.97 Å². The van der Waals surface area contributed by atoms with E-state index in [1.165, 1.54) is 12.4 Å². The van der Waals surface area contributed by atoms with Crippen molar-refractivity contribution in [1.29, 1.82) is 0 Å². The topological polar surface area (TPSA) is 108 Å². The lowest BCUT2D eigenvalue weighted by molar-refractivity contribution is -0.137. The molecule has 0 bridgehead atoms. The summed E-state index contributed by atoms with van der Waals surface area (Å²) in [7, 11) is 3.13. The van der Waals surface area contributed by atoms with Crippen molar-refractivity contribution in [3.63, 3.8) is 0 Å². The molecule has 0 saturated heterocycles. The van der Waals surface area contributed by atoms with Gasteiger partial charge in [0, 0.05) is 35.6 Å². The van der Waals surface area contributed by atoms with Crippen molar-refractivity contribution in [3.8, 4) is 22.9 Å². The Balaban J connectivity index is 2.28. The molecule has 1 heterocycles. The molecule has 1 aromatic heterocycles. The van der Waals surface area contributed by atoms with Gasteiger partial charge in [-0.25, -0.2) is 9.97 Å². The summed E-state index contributed by atoms with van der Waals surface area (Å²) in [4.78, 5) is 19.1. The lowest BCUT2D eigenvalue weighted by Gasteiger charge is -2.10. The maximum atomic E-state index is 10.7. The Morgan fingerprint density at radius 2 is 1.73 bits per heavy atom. The normalized spacial score (nSPS) is 11.8. The van der Waals surface area contributed by atoms with E-state index < -0.39 is 12.0 Å². The molecule has 22 heavy (non-hydrogen) atoms. The quantitative estimate of drug-likeness (QED) is 0.835. The summed E-state index contributed by atoms with van der Waals surface area (Å²) in [5, 5.41) is 8.74. The first-order chi connectivity index (χ1) is 10.5. The van der Waals surface area contributed by atoms with Crippen LogP contribution in [0, 0.1) is 0 Å². The van der Waals surface area contributed by atoms with Gasteiger partial charge in [0.15, 0.2) is 5.82 Å². The number of nitrogens with zero attached hydrogens (tertiary/aromatic N) is 2. The number of nitrogens with two attached hydrogens (primary N) is 1. The highest BCUT2D eigenvalue weighted by molar-refractivity contribution is 5.68. The van der Waals surface area contributed by atoms with Crippen LogP contribution in [0.25, 0.3) is 11.4 Å². The van der Waals surface area contributed by atoms with Crippen LogP contribution in [0.2, 0.25) is 0 Å². The number of aliphatic carboxylic acids is 1. The van der Waals surface area contributed by atoms with Gasteiger partial charge in [-0.15, -0.1) is 0 Å². The van der Waals surface area contributed by atoms with Crippen LogP contribution in [0.4, 0.5) is 0 Å². The van der Waals surface area contributed by atoms with Crippen molar-refractivity contribution in [1.82, 2.24) is 9.97 Å². The Kier molecular flexibility index (Phi) is 4.90. The summed E-state index contributed by atoms with van der Waals surface area (Å²) in [5.41, 5.74) is 7.08. The highest BCUT2D eigenvalue weighted by Gasteiger charge is 2.12. The molecule has 116 valence electrons. The van der Waals surface area contributed by atoms with E-state index in [0.29, 0.717) is 22.9 Å². The number of aromatic nitrogens is 2. The van der Waals surface area contributed by atoms with Gasteiger partial charge < -0.3 is 20.3 Å². The molecule has 1 atom stereocenters. The molecular weight excluding hydrogens is 286 g/mol. The molecule has 2 rings (SSSR count). The van der Waals surface area contributed by atoms with Crippen molar-refractivity contribution in [2.75, 3.05) is 14.2 Å². The number of methoxy groups -OCH3 is 2. The second-order valence-electron chi connectivity index (χ2n) is 4.65. The highest BCUT2D eigenvalue weighted by Crippen LogP contribution is 2.28. The Bertz CT molecular complexity index is 636. The molecule has 0 aliphatic rings. The van der Waals surface area contributed by atoms with Gasteiger partial charge in [-0.2, -0.15) is 0 Å². The number of hydrogen-bond acceptors (Lipinski definition) is 6. The number of benzene rings is 1. The summed E-state index contributed by atoms with van der Waals surface area (Å²) in [6.07, 6.45) is 2.89. The van der Waals surface area contributed by atoms with E-state index in [9.17, 15) is 4.79 Å². The van der Waals surface area contributed by atoms with Gasteiger partial charge in [0.2, 0.25) is 0 Å². The molecule has 0 saturated carbocycles. The molecule has 0 radical (unpaired) electrons. The van der Waals surface area contributed by atoms with E-state index in [0.717, 1.165) is 5.56 Å². The number of hydrogen-bond donors (Lipinski definition) is 2. The molecule has 0 aliphatic heterocycles. The third-order valence-corrected chi connectivity index (χ3v) is 3.10. The third kappa shape index (κ3) is 3.70. The average Bonchev–Trinajstić information content (AvgIpc) is 2.53. The van der Waals surface area contributed by atoms with E-state index in [1.807, 2.05) is 0 Å². The number of rotatable bonds is 6. The predicted octanol–water partition coefficient (Wildman–Crippen LogP) is 1.64. The molecule has 0 unspecified atom stereocenters. The van der Waals surface area contributed by atoms with E-state index in [-0.39, 0.29) is 6.42 Å². The third-order valence-electron chi connectivity index (χ3n) is 3.10. The second kappa shape index (κ2) is 6.86. The fourth-order valence-electron chi connectivity index (χ4n) is 1.92. The zero-order valence-corrected chi connectivity index (χ0v) is 12.3. The SMILES string of the molecule is COc1cc(OC)cc(-c2ncc([C@@H](N)CC(=O)O)cn2)c1. The summed E-state index contributed by atoms with van der Waals surface area (Å²) >= 11 is 0. The first kappa shape index (κ1) is 15.7. The van der Waals surface area contributed by atoms with Gasteiger partial charge in [-0.3, -0.25) is 4.79 Å². The van der Waals surface area contributed by atoms with Gasteiger partial charge in [0.05, 0.1) is 20.6 Å². The van der Waals surface area contributed by atoms with Crippen LogP contribution < -0.4 is 15.2 Å². The Labute approximate surface area is 127 Å². The van der Waals surface area contributed by atoms with E-state index in [4.69, 9.17) is 20.3 Å². The van der Waals surface area contributed by atoms with Crippen LogP contribution in [-0.4, -0.2) is 35.3 Å². The van der Waals surface area contributed by atoms with Crippen LogP contribution in [0.1, 0.15) is 18.0 Å². The van der Waals surface area contributed by atoms with Gasteiger partial charge in [-0.05, 0) is 12.1 Å². The van der Waals surface area contributed by atoms with Crippen LogP contribution in [-0.2, 0) is 4.79 Å². The molecule has 0 amide bonds. The monoisotopic (exact) mass is 303 g/mol. The zero-order valence-electron chi connectivity index (χ0n) is 12.3. The van der Waals surface area contributed by atoms with Crippen molar-refractivity contribution in [2.45, 2.75) is 12.5 Å². The maximum absolute atomic E-state index is 10.7. The summed E-state index contributed by atoms with van der Waals surface area (Å²) in [6, 6.07) is 4.69. The molecule has 0 aliphatic carbocycles. The summed E-state index contributed by atoms with van der Waals surface area (Å²) in [6.45, 7) is 0. The van der Waals surface area contributed by atoms with Crippen LogP contribution in [0.15, 0.2) is 30.6 Å². The average molecular weight is 303 g/mol. The van der Waals surface area contributed by atoms with Gasteiger partial charge in [0.1, 0.15) is 11.5 Å². The lowest BCUT2D eigenvalue weighted by atomic mass is 10.1. The highest BCUT2D eigenvalue weighted by atomic mass is 16.5. The van der Waals surface area contributed by atoms with Crippen molar-refractivity contribution in [2.24, 2.45) is 5.73 Å². The lowest BCUT2D eigenvalue weighted by Crippen LogP contribution is -2.15. The summed E-state index contributed by atoms with van der Waals surface area (Å²) in [5.74, 6) is 0.770. The minimum Gasteiger partial charge on any atom is -0.497 e.